The molecule has 1 rings (SSSR count). The molecule has 0 aliphatic carbocycles. The first-order chi connectivity index (χ1) is 6.99. The third kappa shape index (κ3) is 4.11. The summed E-state index contributed by atoms with van der Waals surface area (Å²) in [5.74, 6) is -0.228. The van der Waals surface area contributed by atoms with Gasteiger partial charge in [-0.1, -0.05) is 11.3 Å². The van der Waals surface area contributed by atoms with Crippen molar-refractivity contribution in [3.05, 3.63) is 9.47 Å². The molecule has 0 bridgehead atoms. The number of rotatable bonds is 4. The minimum absolute atomic E-state index is 0.0650. The fraction of sp³-hybridized carbons (Fsp3) is 0.625. The summed E-state index contributed by atoms with van der Waals surface area (Å²) in [6, 6.07) is 0.0650. The fourth-order valence-electron chi connectivity index (χ4n) is 1.18. The van der Waals surface area contributed by atoms with E-state index in [4.69, 9.17) is 11.6 Å². The molecule has 0 saturated carbocycles. The molecule has 15 heavy (non-hydrogen) atoms. The van der Waals surface area contributed by atoms with Gasteiger partial charge in [-0.2, -0.15) is 0 Å². The van der Waals surface area contributed by atoms with E-state index in [1.807, 2.05) is 25.9 Å². The first-order valence-corrected chi connectivity index (χ1v) is 5.63. The fourth-order valence-corrected chi connectivity index (χ4v) is 1.91. The Labute approximate surface area is 97.4 Å². The van der Waals surface area contributed by atoms with E-state index in [-0.39, 0.29) is 16.4 Å². The minimum atomic E-state index is -0.228. The van der Waals surface area contributed by atoms with Gasteiger partial charge in [0.05, 0.1) is 0 Å². The van der Waals surface area contributed by atoms with Crippen molar-refractivity contribution in [2.45, 2.75) is 13.0 Å². The van der Waals surface area contributed by atoms with Gasteiger partial charge in [0.1, 0.15) is 0 Å². The molecule has 1 aromatic heterocycles. The quantitative estimate of drug-likeness (QED) is 0.859. The lowest BCUT2D eigenvalue weighted by molar-refractivity contribution is 0.0933. The number of halogens is 1. The van der Waals surface area contributed by atoms with Crippen molar-refractivity contribution < 1.29 is 4.79 Å². The Morgan fingerprint density at radius 2 is 2.27 bits per heavy atom. The summed E-state index contributed by atoms with van der Waals surface area (Å²) in [5, 5.41) is 10.3. The molecule has 1 amide bonds. The summed E-state index contributed by atoms with van der Waals surface area (Å²) >= 11 is 6.66. The van der Waals surface area contributed by atoms with Crippen LogP contribution >= 0.6 is 22.9 Å². The van der Waals surface area contributed by atoms with E-state index in [2.05, 4.69) is 15.5 Å². The Balaban J connectivity index is 2.49. The molecule has 0 aromatic carbocycles. The SMILES string of the molecule is CC(CN(C)C)NC(=O)c1nnc(Cl)s1. The predicted molar refractivity (Wildman–Crippen MR) is 60.4 cm³/mol. The van der Waals surface area contributed by atoms with Crippen LogP contribution in [-0.2, 0) is 0 Å². The van der Waals surface area contributed by atoms with Crippen LogP contribution in [0.4, 0.5) is 0 Å². The molecule has 5 nitrogen and oxygen atoms in total. The second-order valence-corrected chi connectivity index (χ2v) is 5.06. The van der Waals surface area contributed by atoms with Crippen molar-refractivity contribution >= 4 is 28.8 Å². The van der Waals surface area contributed by atoms with Crippen molar-refractivity contribution in [3.63, 3.8) is 0 Å². The number of likely N-dealkylation sites (N-methyl/N-ethyl adjacent to an activating group) is 1. The van der Waals surface area contributed by atoms with Gasteiger partial charge >= 0.3 is 0 Å². The first-order valence-electron chi connectivity index (χ1n) is 4.43. The maximum Gasteiger partial charge on any atom is 0.282 e. The van der Waals surface area contributed by atoms with E-state index in [0.29, 0.717) is 5.01 Å². The van der Waals surface area contributed by atoms with Crippen molar-refractivity contribution in [2.75, 3.05) is 20.6 Å². The van der Waals surface area contributed by atoms with E-state index >= 15 is 0 Å². The van der Waals surface area contributed by atoms with E-state index in [1.165, 1.54) is 0 Å². The van der Waals surface area contributed by atoms with Crippen LogP contribution < -0.4 is 5.32 Å². The standard InChI is InChI=1S/C8H13ClN4OS/c1-5(4-13(2)3)10-6(14)7-11-12-8(9)15-7/h5H,4H2,1-3H3,(H,10,14). The number of hydrogen-bond donors (Lipinski definition) is 1. The number of aromatic nitrogens is 2. The van der Waals surface area contributed by atoms with Crippen LogP contribution in [0.25, 0.3) is 0 Å². The van der Waals surface area contributed by atoms with Gasteiger partial charge in [-0.15, -0.1) is 10.2 Å². The van der Waals surface area contributed by atoms with E-state index in [9.17, 15) is 4.79 Å². The molecular weight excluding hydrogens is 236 g/mol. The number of carbonyl (C=O) groups excluding carboxylic acids is 1. The van der Waals surface area contributed by atoms with Gasteiger partial charge in [-0.05, 0) is 32.6 Å². The van der Waals surface area contributed by atoms with Crippen LogP contribution in [0.2, 0.25) is 4.47 Å². The molecule has 0 spiro atoms. The summed E-state index contributed by atoms with van der Waals surface area (Å²) in [5.41, 5.74) is 0. The van der Waals surface area contributed by atoms with Crippen LogP contribution in [0.1, 0.15) is 16.7 Å². The zero-order chi connectivity index (χ0) is 11.4. The van der Waals surface area contributed by atoms with Gasteiger partial charge in [0, 0.05) is 12.6 Å². The van der Waals surface area contributed by atoms with Crippen molar-refractivity contribution in [1.82, 2.24) is 20.4 Å². The normalized spacial score (nSPS) is 12.9. The van der Waals surface area contributed by atoms with Gasteiger partial charge in [-0.25, -0.2) is 0 Å². The molecular formula is C8H13ClN4OS. The number of nitrogens with zero attached hydrogens (tertiary/aromatic N) is 3. The predicted octanol–water partition coefficient (Wildman–Crippen LogP) is 0.871. The minimum Gasteiger partial charge on any atom is -0.346 e. The summed E-state index contributed by atoms with van der Waals surface area (Å²) in [7, 11) is 3.90. The zero-order valence-corrected chi connectivity index (χ0v) is 10.4. The highest BCUT2D eigenvalue weighted by molar-refractivity contribution is 7.17. The van der Waals surface area contributed by atoms with Crippen molar-refractivity contribution in [1.29, 1.82) is 0 Å². The van der Waals surface area contributed by atoms with Crippen molar-refractivity contribution in [2.24, 2.45) is 0 Å². The molecule has 0 saturated heterocycles. The Morgan fingerprint density at radius 1 is 1.60 bits per heavy atom. The lowest BCUT2D eigenvalue weighted by Gasteiger charge is -2.17. The summed E-state index contributed by atoms with van der Waals surface area (Å²) in [4.78, 5) is 13.6. The maximum absolute atomic E-state index is 11.6. The molecule has 0 aliphatic rings. The number of nitrogens with one attached hydrogen (secondary N) is 1. The molecule has 1 atom stereocenters. The molecule has 0 fully saturated rings. The Hall–Kier alpha value is -0.720. The molecule has 1 heterocycles. The largest absolute Gasteiger partial charge is 0.346 e. The van der Waals surface area contributed by atoms with Gasteiger partial charge < -0.3 is 10.2 Å². The summed E-state index contributed by atoms with van der Waals surface area (Å²) in [6.45, 7) is 2.71. The Kier molecular flexibility index (Phi) is 4.44. The smallest absolute Gasteiger partial charge is 0.282 e. The van der Waals surface area contributed by atoms with Crippen LogP contribution in [-0.4, -0.2) is 47.7 Å². The average molecular weight is 249 g/mol. The molecule has 0 radical (unpaired) electrons. The molecule has 1 aromatic rings. The van der Waals surface area contributed by atoms with Gasteiger partial charge in [0.25, 0.3) is 5.91 Å². The summed E-state index contributed by atoms with van der Waals surface area (Å²) < 4.78 is 0.278. The van der Waals surface area contributed by atoms with Crippen LogP contribution in [0.3, 0.4) is 0 Å². The summed E-state index contributed by atoms with van der Waals surface area (Å²) in [6.07, 6.45) is 0. The Bertz CT molecular complexity index is 341. The van der Waals surface area contributed by atoms with E-state index < -0.39 is 0 Å². The number of carbonyl (C=O) groups is 1. The van der Waals surface area contributed by atoms with E-state index in [1.54, 1.807) is 0 Å². The molecule has 84 valence electrons. The van der Waals surface area contributed by atoms with Gasteiger partial charge in [-0.3, -0.25) is 4.79 Å². The van der Waals surface area contributed by atoms with Crippen LogP contribution in [0.5, 0.6) is 0 Å². The first kappa shape index (κ1) is 12.4. The number of amides is 1. The number of hydrogen-bond acceptors (Lipinski definition) is 5. The molecule has 0 aliphatic heterocycles. The third-order valence-corrected chi connectivity index (χ3v) is 2.63. The average Bonchev–Trinajstić information content (AvgIpc) is 2.49. The highest BCUT2D eigenvalue weighted by Crippen LogP contribution is 2.14. The van der Waals surface area contributed by atoms with Gasteiger partial charge in [0.2, 0.25) is 9.47 Å². The van der Waals surface area contributed by atoms with Crippen LogP contribution in [0.15, 0.2) is 0 Å². The lowest BCUT2D eigenvalue weighted by Crippen LogP contribution is -2.39. The molecule has 7 heteroatoms. The van der Waals surface area contributed by atoms with Crippen LogP contribution in [0, 0.1) is 0 Å². The highest BCUT2D eigenvalue weighted by atomic mass is 35.5. The second-order valence-electron chi connectivity index (χ2n) is 3.50. The highest BCUT2D eigenvalue weighted by Gasteiger charge is 2.14. The zero-order valence-electron chi connectivity index (χ0n) is 8.82. The third-order valence-electron chi connectivity index (χ3n) is 1.61. The van der Waals surface area contributed by atoms with Crippen molar-refractivity contribution in [3.8, 4) is 0 Å². The maximum atomic E-state index is 11.6. The Morgan fingerprint density at radius 3 is 2.73 bits per heavy atom. The van der Waals surface area contributed by atoms with Gasteiger partial charge in [0.15, 0.2) is 0 Å². The molecule has 1 N–H and O–H groups in total. The monoisotopic (exact) mass is 248 g/mol. The topological polar surface area (TPSA) is 58.1 Å². The molecule has 1 unspecified atom stereocenters. The van der Waals surface area contributed by atoms with E-state index in [0.717, 1.165) is 17.9 Å². The second kappa shape index (κ2) is 5.39. The lowest BCUT2D eigenvalue weighted by atomic mass is 10.3.